The van der Waals surface area contributed by atoms with Crippen LogP contribution in [0.25, 0.3) is 0 Å². The van der Waals surface area contributed by atoms with Crippen molar-refractivity contribution in [1.29, 1.82) is 0 Å². The predicted molar refractivity (Wildman–Crippen MR) is 140 cm³/mol. The number of aromatic nitrogens is 1. The maximum absolute atomic E-state index is 14.5. The second-order valence-corrected chi connectivity index (χ2v) is 12.5. The third kappa shape index (κ3) is 6.38. The van der Waals surface area contributed by atoms with E-state index in [0.717, 1.165) is 42.7 Å². The maximum atomic E-state index is 14.5. The van der Waals surface area contributed by atoms with Crippen LogP contribution in [0.5, 0.6) is 5.75 Å². The van der Waals surface area contributed by atoms with Gasteiger partial charge in [-0.3, -0.25) is 14.9 Å². The Labute approximate surface area is 232 Å². The Bertz CT molecular complexity index is 1490. The molecule has 1 saturated heterocycles. The predicted octanol–water partition coefficient (Wildman–Crippen LogP) is 4.81. The number of hydrogen-bond donors (Lipinski definition) is 2. The summed E-state index contributed by atoms with van der Waals surface area (Å²) < 4.78 is 61.4. The number of anilines is 1. The summed E-state index contributed by atoms with van der Waals surface area (Å²) in [5.74, 6) is -4.34. The van der Waals surface area contributed by atoms with Gasteiger partial charge in [-0.05, 0) is 44.0 Å². The molecule has 208 valence electrons. The van der Waals surface area contributed by atoms with Gasteiger partial charge in [0.15, 0.2) is 16.7 Å². The number of sulfonamides is 1. The zero-order valence-corrected chi connectivity index (χ0v) is 23.0. The summed E-state index contributed by atoms with van der Waals surface area (Å²) >= 11 is 6.88. The van der Waals surface area contributed by atoms with Gasteiger partial charge >= 0.3 is 5.97 Å². The van der Waals surface area contributed by atoms with E-state index in [0.29, 0.717) is 19.2 Å². The molecular weight excluding hydrogens is 576 g/mol. The first kappa shape index (κ1) is 28.9. The molecule has 0 saturated carbocycles. The summed E-state index contributed by atoms with van der Waals surface area (Å²) in [5, 5.41) is 11.5. The molecule has 1 aromatic heterocycles. The van der Waals surface area contributed by atoms with Gasteiger partial charge in [0.1, 0.15) is 10.2 Å². The molecule has 0 radical (unpaired) electrons. The number of rotatable bonds is 9. The number of piperidine rings is 1. The molecule has 0 aliphatic carbocycles. The molecule has 1 fully saturated rings. The van der Waals surface area contributed by atoms with Crippen LogP contribution in [0.4, 0.5) is 13.9 Å². The molecule has 9 nitrogen and oxygen atoms in total. The Morgan fingerprint density at radius 1 is 1.15 bits per heavy atom. The van der Waals surface area contributed by atoms with E-state index in [4.69, 9.17) is 21.4 Å². The SMILES string of the molecule is CC(Oc1ccc(F)cc1F)(C(=O)Nc1nc(CC(=O)O)c(Cl)s1)c1ccc(S(=O)(=O)N2CCCCC2)cc1. The molecule has 1 unspecified atom stereocenters. The van der Waals surface area contributed by atoms with Crippen LogP contribution in [0.3, 0.4) is 0 Å². The van der Waals surface area contributed by atoms with Gasteiger partial charge < -0.3 is 9.84 Å². The highest BCUT2D eigenvalue weighted by molar-refractivity contribution is 7.89. The van der Waals surface area contributed by atoms with Crippen LogP contribution in [0.1, 0.15) is 37.4 Å². The van der Waals surface area contributed by atoms with Gasteiger partial charge in [0.05, 0.1) is 17.0 Å². The van der Waals surface area contributed by atoms with Crippen molar-refractivity contribution in [3.8, 4) is 5.75 Å². The highest BCUT2D eigenvalue weighted by Crippen LogP contribution is 2.35. The van der Waals surface area contributed by atoms with Crippen molar-refractivity contribution in [2.45, 2.75) is 43.1 Å². The summed E-state index contributed by atoms with van der Waals surface area (Å²) in [6.45, 7) is 2.15. The highest BCUT2D eigenvalue weighted by atomic mass is 35.5. The summed E-state index contributed by atoms with van der Waals surface area (Å²) in [6.07, 6.45) is 2.02. The summed E-state index contributed by atoms with van der Waals surface area (Å²) in [5.41, 5.74) is -1.75. The average Bonchev–Trinajstić information content (AvgIpc) is 3.23. The number of nitrogens with one attached hydrogen (secondary N) is 1. The van der Waals surface area contributed by atoms with Gasteiger partial charge in [-0.15, -0.1) is 0 Å². The molecule has 2 N–H and O–H groups in total. The van der Waals surface area contributed by atoms with Crippen LogP contribution < -0.4 is 10.1 Å². The van der Waals surface area contributed by atoms with E-state index in [2.05, 4.69) is 10.3 Å². The van der Waals surface area contributed by atoms with Crippen molar-refractivity contribution < 1.29 is 36.6 Å². The van der Waals surface area contributed by atoms with Gasteiger partial charge in [-0.2, -0.15) is 4.31 Å². The number of carboxylic acids is 1. The van der Waals surface area contributed by atoms with Gasteiger partial charge in [0.25, 0.3) is 5.91 Å². The summed E-state index contributed by atoms with van der Waals surface area (Å²) in [7, 11) is -3.76. The largest absolute Gasteiger partial charge is 0.481 e. The van der Waals surface area contributed by atoms with Crippen LogP contribution in [0.2, 0.25) is 4.34 Å². The monoisotopic (exact) mass is 599 g/mol. The Kier molecular flexibility index (Phi) is 8.54. The topological polar surface area (TPSA) is 126 Å². The second kappa shape index (κ2) is 11.5. The molecule has 2 heterocycles. The van der Waals surface area contributed by atoms with E-state index in [1.54, 1.807) is 0 Å². The van der Waals surface area contributed by atoms with Gasteiger partial charge in [0, 0.05) is 24.7 Å². The Morgan fingerprint density at radius 3 is 2.44 bits per heavy atom. The Balaban J connectivity index is 1.68. The molecule has 0 bridgehead atoms. The van der Waals surface area contributed by atoms with E-state index in [1.165, 1.54) is 35.5 Å². The number of ether oxygens (including phenoxy) is 1. The lowest BCUT2D eigenvalue weighted by molar-refractivity contribution is -0.136. The first-order valence-electron chi connectivity index (χ1n) is 11.8. The first-order chi connectivity index (χ1) is 18.4. The smallest absolute Gasteiger partial charge is 0.309 e. The van der Waals surface area contributed by atoms with Crippen molar-refractivity contribution in [3.63, 3.8) is 0 Å². The summed E-state index contributed by atoms with van der Waals surface area (Å²) in [4.78, 5) is 28.6. The lowest BCUT2D eigenvalue weighted by Gasteiger charge is -2.30. The molecule has 14 heteroatoms. The average molecular weight is 600 g/mol. The van der Waals surface area contributed by atoms with Crippen molar-refractivity contribution >= 4 is 50.0 Å². The number of carbonyl (C=O) groups is 2. The van der Waals surface area contributed by atoms with Crippen molar-refractivity contribution in [2.24, 2.45) is 0 Å². The van der Waals surface area contributed by atoms with Crippen LogP contribution >= 0.6 is 22.9 Å². The third-order valence-corrected chi connectivity index (χ3v) is 9.35. The van der Waals surface area contributed by atoms with Crippen LogP contribution in [0.15, 0.2) is 47.4 Å². The quantitative estimate of drug-likeness (QED) is 0.361. The zero-order valence-electron chi connectivity index (χ0n) is 20.6. The number of halogens is 3. The van der Waals surface area contributed by atoms with Crippen molar-refractivity contribution in [2.75, 3.05) is 18.4 Å². The second-order valence-electron chi connectivity index (χ2n) is 8.96. The number of hydrogen-bond acceptors (Lipinski definition) is 7. The lowest BCUT2D eigenvalue weighted by atomic mass is 9.94. The van der Waals surface area contributed by atoms with Crippen LogP contribution in [-0.2, 0) is 31.6 Å². The Morgan fingerprint density at radius 2 is 1.82 bits per heavy atom. The number of thiazole rings is 1. The van der Waals surface area contributed by atoms with Gasteiger partial charge in [-0.25, -0.2) is 22.2 Å². The molecular formula is C25H24ClF2N3O6S2. The molecule has 3 aromatic rings. The fourth-order valence-corrected chi connectivity index (χ4v) is 6.62. The number of nitrogens with zero attached hydrogens (tertiary/aromatic N) is 2. The first-order valence-corrected chi connectivity index (χ1v) is 14.5. The Hall–Kier alpha value is -3.13. The number of benzene rings is 2. The van der Waals surface area contributed by atoms with E-state index in [1.807, 2.05) is 0 Å². The fraction of sp³-hybridized carbons (Fsp3) is 0.320. The normalized spacial score (nSPS) is 15.9. The molecule has 39 heavy (non-hydrogen) atoms. The molecule has 1 atom stereocenters. The molecule has 1 aliphatic heterocycles. The minimum atomic E-state index is -3.76. The highest BCUT2D eigenvalue weighted by Gasteiger charge is 2.40. The maximum Gasteiger partial charge on any atom is 0.309 e. The van der Waals surface area contributed by atoms with Crippen LogP contribution in [-0.4, -0.2) is 47.8 Å². The van der Waals surface area contributed by atoms with Gasteiger partial charge in [-0.1, -0.05) is 41.5 Å². The number of amides is 1. The number of aliphatic carboxylic acids is 1. The zero-order chi connectivity index (χ0) is 28.4. The molecule has 4 rings (SSSR count). The van der Waals surface area contributed by atoms with Crippen LogP contribution in [0, 0.1) is 11.6 Å². The van der Waals surface area contributed by atoms with E-state index in [9.17, 15) is 26.8 Å². The van der Waals surface area contributed by atoms with E-state index in [-0.39, 0.29) is 25.6 Å². The molecule has 2 aromatic carbocycles. The molecule has 0 spiro atoms. The standard InChI is InChI=1S/C25H24ClF2N3O6S2/c1-25(37-20-10-7-16(27)13-18(20)28,23(34)30-24-29-19(14-21(32)33)22(26)38-24)15-5-8-17(9-6-15)39(35,36)31-11-3-2-4-12-31/h5-10,13H,2-4,11-12,14H2,1H3,(H,32,33)(H,29,30,34). The van der Waals surface area contributed by atoms with E-state index < -0.39 is 51.3 Å². The molecule has 1 amide bonds. The van der Waals surface area contributed by atoms with Crippen molar-refractivity contribution in [1.82, 2.24) is 9.29 Å². The molecule has 1 aliphatic rings. The van der Waals surface area contributed by atoms with E-state index >= 15 is 0 Å². The number of carbonyl (C=O) groups excluding carboxylic acids is 1. The number of carboxylic acid groups (broad SMARTS) is 1. The lowest BCUT2D eigenvalue weighted by Crippen LogP contribution is -2.43. The summed E-state index contributed by atoms with van der Waals surface area (Å²) in [6, 6.07) is 8.01. The van der Waals surface area contributed by atoms with Crippen molar-refractivity contribution in [3.05, 3.63) is 69.7 Å². The minimum Gasteiger partial charge on any atom is -0.481 e. The third-order valence-electron chi connectivity index (χ3n) is 6.19. The van der Waals surface area contributed by atoms with Gasteiger partial charge in [0.2, 0.25) is 15.6 Å². The minimum absolute atomic E-state index is 0.0221. The fourth-order valence-electron chi connectivity index (χ4n) is 4.07.